The predicted molar refractivity (Wildman–Crippen MR) is 109 cm³/mol. The maximum atomic E-state index is 5.71. The Labute approximate surface area is 160 Å². The molecule has 1 unspecified atom stereocenters. The number of nitrogens with zero attached hydrogens (tertiary/aromatic N) is 1. The highest BCUT2D eigenvalue weighted by Crippen LogP contribution is 2.22. The fourth-order valence-corrected chi connectivity index (χ4v) is 3.40. The molecule has 0 bridgehead atoms. The number of hydrogen-bond acceptors (Lipinski definition) is 3. The highest BCUT2D eigenvalue weighted by atomic mass is 32.1. The van der Waals surface area contributed by atoms with Crippen LogP contribution >= 0.6 is 12.2 Å². The molecule has 0 saturated carbocycles. The summed E-state index contributed by atoms with van der Waals surface area (Å²) in [7, 11) is 0. The standard InChI is InChI=1S/C21H26N2O2S/c1-2-24-19-12-10-18(11-13-19)22-21(26)23(16-20-9-6-14-25-20)15-17-7-4-3-5-8-17/h3-4,6,9-14,17H,2,5,7-8,15-16H2,1H3,(H,22,26). The molecule has 1 atom stereocenters. The Hall–Kier alpha value is -2.27. The number of thiocarbonyl (C=S) groups is 1. The second-order valence-electron chi connectivity index (χ2n) is 6.50. The first-order valence-corrected chi connectivity index (χ1v) is 9.61. The lowest BCUT2D eigenvalue weighted by Crippen LogP contribution is -2.38. The molecule has 5 heteroatoms. The summed E-state index contributed by atoms with van der Waals surface area (Å²) in [6.45, 7) is 4.25. The van der Waals surface area contributed by atoms with Gasteiger partial charge in [0.05, 0.1) is 19.4 Å². The lowest BCUT2D eigenvalue weighted by atomic mass is 9.94. The minimum Gasteiger partial charge on any atom is -0.494 e. The van der Waals surface area contributed by atoms with Crippen molar-refractivity contribution >= 4 is 23.0 Å². The summed E-state index contributed by atoms with van der Waals surface area (Å²) in [5.74, 6) is 2.41. The summed E-state index contributed by atoms with van der Waals surface area (Å²) in [6, 6.07) is 11.8. The fraction of sp³-hybridized carbons (Fsp3) is 0.381. The molecule has 0 radical (unpaired) electrons. The number of rotatable bonds is 7. The molecule has 3 rings (SSSR count). The Morgan fingerprint density at radius 2 is 2.12 bits per heavy atom. The highest BCUT2D eigenvalue weighted by Gasteiger charge is 2.18. The molecule has 1 heterocycles. The molecule has 1 aliphatic carbocycles. The Kier molecular flexibility index (Phi) is 6.72. The first-order chi connectivity index (χ1) is 12.7. The number of furan rings is 1. The van der Waals surface area contributed by atoms with E-state index in [0.717, 1.165) is 41.7 Å². The van der Waals surface area contributed by atoms with Crippen LogP contribution < -0.4 is 10.1 Å². The van der Waals surface area contributed by atoms with E-state index in [1.165, 1.54) is 6.42 Å². The molecular formula is C21H26N2O2S. The molecule has 138 valence electrons. The summed E-state index contributed by atoms with van der Waals surface area (Å²) in [5, 5.41) is 4.08. The number of benzene rings is 1. The average molecular weight is 371 g/mol. The van der Waals surface area contributed by atoms with Crippen LogP contribution in [0.2, 0.25) is 0 Å². The van der Waals surface area contributed by atoms with E-state index in [1.807, 2.05) is 43.3 Å². The first kappa shape index (κ1) is 18.5. The summed E-state index contributed by atoms with van der Waals surface area (Å²) in [6.07, 6.45) is 9.72. The lowest BCUT2D eigenvalue weighted by molar-refractivity contribution is 0.298. The lowest BCUT2D eigenvalue weighted by Gasteiger charge is -2.30. The second kappa shape index (κ2) is 9.43. The van der Waals surface area contributed by atoms with Gasteiger partial charge in [-0.05, 0) is 80.7 Å². The first-order valence-electron chi connectivity index (χ1n) is 9.20. The van der Waals surface area contributed by atoms with Gasteiger partial charge in [-0.25, -0.2) is 0 Å². The van der Waals surface area contributed by atoms with E-state index < -0.39 is 0 Å². The molecule has 1 aromatic heterocycles. The molecule has 26 heavy (non-hydrogen) atoms. The molecule has 0 aliphatic heterocycles. The van der Waals surface area contributed by atoms with Crippen molar-refractivity contribution in [1.82, 2.24) is 4.90 Å². The number of ether oxygens (including phenoxy) is 1. The Balaban J connectivity index is 1.65. The van der Waals surface area contributed by atoms with E-state index in [9.17, 15) is 0 Å². The van der Waals surface area contributed by atoms with E-state index in [2.05, 4.69) is 22.4 Å². The van der Waals surface area contributed by atoms with Crippen molar-refractivity contribution in [3.8, 4) is 5.75 Å². The number of nitrogens with one attached hydrogen (secondary N) is 1. The predicted octanol–water partition coefficient (Wildman–Crippen LogP) is 5.23. The molecule has 1 aliphatic rings. The molecule has 0 spiro atoms. The van der Waals surface area contributed by atoms with Crippen molar-refractivity contribution in [3.05, 3.63) is 60.6 Å². The summed E-state index contributed by atoms with van der Waals surface area (Å²) in [5.41, 5.74) is 0.964. The van der Waals surface area contributed by atoms with Gasteiger partial charge in [-0.1, -0.05) is 12.2 Å². The fourth-order valence-electron chi connectivity index (χ4n) is 3.15. The van der Waals surface area contributed by atoms with Gasteiger partial charge in [0.25, 0.3) is 0 Å². The molecular weight excluding hydrogens is 344 g/mol. The van der Waals surface area contributed by atoms with Crippen molar-refractivity contribution in [2.24, 2.45) is 5.92 Å². The van der Waals surface area contributed by atoms with Crippen molar-refractivity contribution in [2.45, 2.75) is 32.7 Å². The highest BCUT2D eigenvalue weighted by molar-refractivity contribution is 7.80. The summed E-state index contributed by atoms with van der Waals surface area (Å²) >= 11 is 5.71. The number of allylic oxidation sites excluding steroid dienone is 2. The van der Waals surface area contributed by atoms with Crippen LogP contribution in [0, 0.1) is 5.92 Å². The minimum absolute atomic E-state index is 0.620. The molecule has 0 saturated heterocycles. The van der Waals surface area contributed by atoms with Gasteiger partial charge >= 0.3 is 0 Å². The molecule has 1 N–H and O–H groups in total. The van der Waals surface area contributed by atoms with Crippen molar-refractivity contribution < 1.29 is 9.15 Å². The van der Waals surface area contributed by atoms with Crippen molar-refractivity contribution in [3.63, 3.8) is 0 Å². The zero-order chi connectivity index (χ0) is 18.2. The van der Waals surface area contributed by atoms with Crippen LogP contribution in [0.1, 0.15) is 31.9 Å². The van der Waals surface area contributed by atoms with Crippen molar-refractivity contribution in [2.75, 3.05) is 18.5 Å². The number of anilines is 1. The van der Waals surface area contributed by atoms with Crippen LogP contribution in [0.15, 0.2) is 59.2 Å². The zero-order valence-corrected chi connectivity index (χ0v) is 16.0. The number of hydrogen-bond donors (Lipinski definition) is 1. The smallest absolute Gasteiger partial charge is 0.173 e. The molecule has 4 nitrogen and oxygen atoms in total. The Bertz CT molecular complexity index is 710. The Morgan fingerprint density at radius 1 is 1.27 bits per heavy atom. The largest absolute Gasteiger partial charge is 0.494 e. The monoisotopic (exact) mass is 370 g/mol. The van der Waals surface area contributed by atoms with E-state index in [0.29, 0.717) is 19.1 Å². The van der Waals surface area contributed by atoms with Crippen LogP contribution in [0.4, 0.5) is 5.69 Å². The molecule has 1 aromatic carbocycles. The van der Waals surface area contributed by atoms with Crippen LogP contribution in [0.3, 0.4) is 0 Å². The minimum atomic E-state index is 0.620. The third-order valence-electron chi connectivity index (χ3n) is 4.49. The summed E-state index contributed by atoms with van der Waals surface area (Å²) < 4.78 is 11.0. The SMILES string of the molecule is CCOc1ccc(NC(=S)N(Cc2ccco2)CC2CC=CCC2)cc1. The topological polar surface area (TPSA) is 37.6 Å². The zero-order valence-electron chi connectivity index (χ0n) is 15.2. The van der Waals surface area contributed by atoms with Gasteiger partial charge in [0.15, 0.2) is 5.11 Å². The maximum absolute atomic E-state index is 5.71. The van der Waals surface area contributed by atoms with Crippen LogP contribution in [-0.4, -0.2) is 23.2 Å². The molecule has 0 amide bonds. The quantitative estimate of drug-likeness (QED) is 0.533. The van der Waals surface area contributed by atoms with Gasteiger partial charge < -0.3 is 19.4 Å². The molecule has 0 fully saturated rings. The van der Waals surface area contributed by atoms with E-state index in [1.54, 1.807) is 6.26 Å². The van der Waals surface area contributed by atoms with Gasteiger partial charge in [0.2, 0.25) is 0 Å². The second-order valence-corrected chi connectivity index (χ2v) is 6.88. The van der Waals surface area contributed by atoms with Gasteiger partial charge in [-0.3, -0.25) is 0 Å². The van der Waals surface area contributed by atoms with Gasteiger partial charge in [0, 0.05) is 12.2 Å². The van der Waals surface area contributed by atoms with Crippen LogP contribution in [-0.2, 0) is 6.54 Å². The average Bonchev–Trinajstić information content (AvgIpc) is 3.17. The van der Waals surface area contributed by atoms with E-state index >= 15 is 0 Å². The summed E-state index contributed by atoms with van der Waals surface area (Å²) in [4.78, 5) is 2.20. The maximum Gasteiger partial charge on any atom is 0.173 e. The third kappa shape index (κ3) is 5.36. The van der Waals surface area contributed by atoms with Crippen LogP contribution in [0.25, 0.3) is 0 Å². The molecule has 2 aromatic rings. The van der Waals surface area contributed by atoms with Crippen molar-refractivity contribution in [1.29, 1.82) is 0 Å². The van der Waals surface area contributed by atoms with E-state index in [4.69, 9.17) is 21.4 Å². The third-order valence-corrected chi connectivity index (χ3v) is 4.85. The Morgan fingerprint density at radius 3 is 2.77 bits per heavy atom. The van der Waals surface area contributed by atoms with Gasteiger partial charge in [-0.2, -0.15) is 0 Å². The van der Waals surface area contributed by atoms with Crippen LogP contribution in [0.5, 0.6) is 5.75 Å². The van der Waals surface area contributed by atoms with E-state index in [-0.39, 0.29) is 0 Å². The van der Waals surface area contributed by atoms with Gasteiger partial charge in [-0.15, -0.1) is 0 Å². The van der Waals surface area contributed by atoms with Gasteiger partial charge in [0.1, 0.15) is 11.5 Å². The normalized spacial score (nSPS) is 16.3.